The van der Waals surface area contributed by atoms with Crippen LogP contribution in [-0.4, -0.2) is 57.1 Å². The van der Waals surface area contributed by atoms with Gasteiger partial charge in [0.1, 0.15) is 5.82 Å². The summed E-state index contributed by atoms with van der Waals surface area (Å²) < 4.78 is 40.8. The molecule has 1 N–H and O–H groups in total. The van der Waals surface area contributed by atoms with E-state index in [9.17, 15) is 17.6 Å². The van der Waals surface area contributed by atoms with E-state index in [-0.39, 0.29) is 37.1 Å². The number of hydrogen-bond donors (Lipinski definition) is 1. The zero-order chi connectivity index (χ0) is 23.3. The molecule has 33 heavy (non-hydrogen) atoms. The average Bonchev–Trinajstić information content (AvgIpc) is 2.85. The summed E-state index contributed by atoms with van der Waals surface area (Å²) in [6.07, 6.45) is 0. The third kappa shape index (κ3) is 5.58. The maximum absolute atomic E-state index is 14.0. The highest BCUT2D eigenvalue weighted by molar-refractivity contribution is 7.89. The summed E-state index contributed by atoms with van der Waals surface area (Å²) in [6, 6.07) is 23.5. The molecule has 1 heterocycles. The van der Waals surface area contributed by atoms with Crippen molar-refractivity contribution in [3.63, 3.8) is 0 Å². The van der Waals surface area contributed by atoms with Crippen LogP contribution in [0.3, 0.4) is 0 Å². The maximum atomic E-state index is 14.0. The van der Waals surface area contributed by atoms with Crippen molar-refractivity contribution < 1.29 is 17.6 Å². The van der Waals surface area contributed by atoms with E-state index in [1.165, 1.54) is 10.4 Å². The van der Waals surface area contributed by atoms with Gasteiger partial charge in [-0.3, -0.25) is 4.79 Å². The van der Waals surface area contributed by atoms with E-state index in [1.807, 2.05) is 47.4 Å². The van der Waals surface area contributed by atoms with Crippen molar-refractivity contribution in [1.82, 2.24) is 9.62 Å². The molecule has 0 aromatic heterocycles. The summed E-state index contributed by atoms with van der Waals surface area (Å²) in [5.74, 6) is -0.803. The van der Waals surface area contributed by atoms with Gasteiger partial charge in [-0.15, -0.1) is 0 Å². The van der Waals surface area contributed by atoms with Gasteiger partial charge >= 0.3 is 0 Å². The zero-order valence-electron chi connectivity index (χ0n) is 18.2. The van der Waals surface area contributed by atoms with Gasteiger partial charge in [0.15, 0.2) is 0 Å². The Morgan fingerprint density at radius 2 is 1.42 bits per heavy atom. The number of amides is 1. The Hall–Kier alpha value is -3.23. The van der Waals surface area contributed by atoms with Crippen LogP contribution >= 0.6 is 0 Å². The number of sulfonamides is 1. The predicted octanol–water partition coefficient (Wildman–Crippen LogP) is 3.37. The van der Waals surface area contributed by atoms with Crippen molar-refractivity contribution in [3.8, 4) is 11.1 Å². The monoisotopic (exact) mass is 467 g/mol. The summed E-state index contributed by atoms with van der Waals surface area (Å²) in [7, 11) is -3.52. The summed E-state index contributed by atoms with van der Waals surface area (Å²) in [6.45, 7) is 1.42. The molecule has 0 spiro atoms. The molecule has 1 saturated heterocycles. The molecule has 0 saturated carbocycles. The molecule has 0 aliphatic carbocycles. The second kappa shape index (κ2) is 10.1. The first kappa shape index (κ1) is 22.9. The van der Waals surface area contributed by atoms with Gasteiger partial charge in [0.05, 0.1) is 11.4 Å². The quantitative estimate of drug-likeness (QED) is 0.579. The Kier molecular flexibility index (Phi) is 7.05. The highest BCUT2D eigenvalue weighted by Crippen LogP contribution is 2.21. The Morgan fingerprint density at radius 1 is 0.818 bits per heavy atom. The summed E-state index contributed by atoms with van der Waals surface area (Å²) >= 11 is 0. The van der Waals surface area contributed by atoms with Gasteiger partial charge in [-0.1, -0.05) is 54.6 Å². The molecule has 3 aromatic rings. The lowest BCUT2D eigenvalue weighted by molar-refractivity contribution is 0.0956. The van der Waals surface area contributed by atoms with Crippen LogP contribution in [0, 0.1) is 5.82 Å². The first-order chi connectivity index (χ1) is 15.9. The topological polar surface area (TPSA) is 69.7 Å². The number of anilines is 1. The number of rotatable bonds is 7. The third-order valence-corrected chi connectivity index (χ3v) is 7.60. The smallest absolute Gasteiger partial charge is 0.251 e. The van der Waals surface area contributed by atoms with E-state index in [2.05, 4.69) is 5.32 Å². The molecule has 1 amide bonds. The molecule has 0 radical (unpaired) electrons. The SMILES string of the molecule is O=C(NCCS(=O)(=O)N1CCN(c2ccccc2F)CC1)c1ccc(-c2ccccc2)cc1. The van der Waals surface area contributed by atoms with Crippen molar-refractivity contribution in [3.05, 3.63) is 90.2 Å². The van der Waals surface area contributed by atoms with Crippen LogP contribution in [0.1, 0.15) is 10.4 Å². The van der Waals surface area contributed by atoms with Crippen LogP contribution in [0.25, 0.3) is 11.1 Å². The number of carbonyl (C=O) groups excluding carboxylic acids is 1. The van der Waals surface area contributed by atoms with E-state index >= 15 is 0 Å². The van der Waals surface area contributed by atoms with Crippen molar-refractivity contribution in [1.29, 1.82) is 0 Å². The Bertz CT molecular complexity index is 1190. The molecule has 172 valence electrons. The van der Waals surface area contributed by atoms with E-state index in [0.717, 1.165) is 11.1 Å². The van der Waals surface area contributed by atoms with Gasteiger partial charge in [-0.05, 0) is 35.4 Å². The van der Waals surface area contributed by atoms with Gasteiger partial charge in [0, 0.05) is 38.3 Å². The van der Waals surface area contributed by atoms with Crippen LogP contribution < -0.4 is 10.2 Å². The number of halogens is 1. The minimum absolute atomic E-state index is 0.0229. The Labute approximate surface area is 193 Å². The highest BCUT2D eigenvalue weighted by atomic mass is 32.2. The predicted molar refractivity (Wildman–Crippen MR) is 128 cm³/mol. The number of carbonyl (C=O) groups is 1. The molecule has 0 atom stereocenters. The van der Waals surface area contributed by atoms with E-state index in [0.29, 0.717) is 24.3 Å². The molecule has 0 bridgehead atoms. The average molecular weight is 468 g/mol. The molecular weight excluding hydrogens is 441 g/mol. The van der Waals surface area contributed by atoms with Gasteiger partial charge in [-0.2, -0.15) is 4.31 Å². The first-order valence-corrected chi connectivity index (χ1v) is 12.5. The van der Waals surface area contributed by atoms with Crippen molar-refractivity contribution in [2.75, 3.05) is 43.4 Å². The number of benzene rings is 3. The maximum Gasteiger partial charge on any atom is 0.251 e. The number of hydrogen-bond acceptors (Lipinski definition) is 4. The van der Waals surface area contributed by atoms with Crippen LogP contribution in [0.5, 0.6) is 0 Å². The summed E-state index contributed by atoms with van der Waals surface area (Å²) in [5, 5.41) is 2.69. The van der Waals surface area contributed by atoms with Gasteiger partial charge in [0.2, 0.25) is 10.0 Å². The molecular formula is C25H26FN3O3S. The molecule has 1 aliphatic rings. The fraction of sp³-hybridized carbons (Fsp3) is 0.240. The van der Waals surface area contributed by atoms with Crippen molar-refractivity contribution in [2.24, 2.45) is 0 Å². The summed E-state index contributed by atoms with van der Waals surface area (Å²) in [4.78, 5) is 14.3. The molecule has 8 heteroatoms. The number of nitrogens with one attached hydrogen (secondary N) is 1. The summed E-state index contributed by atoms with van der Waals surface area (Å²) in [5.41, 5.74) is 3.03. The second-order valence-corrected chi connectivity index (χ2v) is 9.94. The van der Waals surface area contributed by atoms with Gasteiger partial charge < -0.3 is 10.2 Å². The Balaban J connectivity index is 1.27. The van der Waals surface area contributed by atoms with Crippen LogP contribution in [0.15, 0.2) is 78.9 Å². The molecule has 1 aliphatic heterocycles. The van der Waals surface area contributed by atoms with Crippen LogP contribution in [0.4, 0.5) is 10.1 Å². The zero-order valence-corrected chi connectivity index (χ0v) is 19.0. The number of para-hydroxylation sites is 1. The molecule has 1 fully saturated rings. The second-order valence-electron chi connectivity index (χ2n) is 7.85. The standard InChI is InChI=1S/C25H26FN3O3S/c26-23-8-4-5-9-24(23)28-15-17-29(18-16-28)33(31,32)19-14-27-25(30)22-12-10-21(11-13-22)20-6-2-1-3-7-20/h1-13H,14-19H2,(H,27,30). The number of nitrogens with zero attached hydrogens (tertiary/aromatic N) is 2. The third-order valence-electron chi connectivity index (χ3n) is 5.72. The van der Waals surface area contributed by atoms with Crippen LogP contribution in [-0.2, 0) is 10.0 Å². The van der Waals surface area contributed by atoms with Crippen molar-refractivity contribution in [2.45, 2.75) is 0 Å². The fourth-order valence-corrected chi connectivity index (χ4v) is 5.22. The highest BCUT2D eigenvalue weighted by Gasteiger charge is 2.27. The molecule has 6 nitrogen and oxygen atoms in total. The van der Waals surface area contributed by atoms with E-state index in [1.54, 1.807) is 30.3 Å². The number of piperazine rings is 1. The molecule has 0 unspecified atom stereocenters. The lowest BCUT2D eigenvalue weighted by Crippen LogP contribution is -2.50. The lowest BCUT2D eigenvalue weighted by Gasteiger charge is -2.35. The van der Waals surface area contributed by atoms with Crippen molar-refractivity contribution >= 4 is 21.6 Å². The van der Waals surface area contributed by atoms with Crippen LogP contribution in [0.2, 0.25) is 0 Å². The molecule has 3 aromatic carbocycles. The first-order valence-electron chi connectivity index (χ1n) is 10.8. The molecule has 4 rings (SSSR count). The van der Waals surface area contributed by atoms with Gasteiger partial charge in [0.25, 0.3) is 5.91 Å². The largest absolute Gasteiger partial charge is 0.367 e. The normalized spacial score (nSPS) is 14.8. The van der Waals surface area contributed by atoms with Gasteiger partial charge in [-0.25, -0.2) is 12.8 Å². The minimum atomic E-state index is -3.52. The lowest BCUT2D eigenvalue weighted by atomic mass is 10.0. The fourth-order valence-electron chi connectivity index (χ4n) is 3.88. The van der Waals surface area contributed by atoms with E-state index < -0.39 is 10.0 Å². The minimum Gasteiger partial charge on any atom is -0.367 e. The van der Waals surface area contributed by atoms with E-state index in [4.69, 9.17) is 0 Å². The Morgan fingerprint density at radius 3 is 2.09 bits per heavy atom.